The van der Waals surface area contributed by atoms with Crippen molar-refractivity contribution in [3.63, 3.8) is 0 Å². The first-order valence-electron chi connectivity index (χ1n) is 7.37. The van der Waals surface area contributed by atoms with Gasteiger partial charge in [0.05, 0.1) is 0 Å². The zero-order chi connectivity index (χ0) is 16.9. The van der Waals surface area contributed by atoms with Gasteiger partial charge in [-0.25, -0.2) is 4.39 Å². The first kappa shape index (κ1) is 15.8. The van der Waals surface area contributed by atoms with Crippen LogP contribution < -0.4 is 0 Å². The number of nitrogens with zero attached hydrogens (tertiary/aromatic N) is 4. The van der Waals surface area contributed by atoms with E-state index >= 15 is 0 Å². The molecule has 0 radical (unpaired) electrons. The van der Waals surface area contributed by atoms with Crippen molar-refractivity contribution in [2.24, 2.45) is 0 Å². The molecule has 122 valence electrons. The molecule has 0 aliphatic heterocycles. The lowest BCUT2D eigenvalue weighted by atomic mass is 10.2. The topological polar surface area (TPSA) is 72.1 Å². The Morgan fingerprint density at radius 3 is 2.75 bits per heavy atom. The molecule has 0 saturated carbocycles. The minimum Gasteiger partial charge on any atom is -0.412 e. The summed E-state index contributed by atoms with van der Waals surface area (Å²) in [4.78, 5) is 17.8. The van der Waals surface area contributed by atoms with Crippen molar-refractivity contribution in [2.75, 3.05) is 13.6 Å². The first-order valence-corrected chi connectivity index (χ1v) is 7.37. The molecule has 7 heteroatoms. The second kappa shape index (κ2) is 6.99. The van der Waals surface area contributed by atoms with Gasteiger partial charge in [-0.15, -0.1) is 10.2 Å². The molecule has 0 N–H and O–H groups in total. The van der Waals surface area contributed by atoms with Gasteiger partial charge in [0.25, 0.3) is 0 Å². The maximum absolute atomic E-state index is 13.2. The van der Waals surface area contributed by atoms with Crippen molar-refractivity contribution in [1.29, 1.82) is 0 Å². The monoisotopic (exact) mass is 326 g/mol. The van der Waals surface area contributed by atoms with Crippen molar-refractivity contribution in [1.82, 2.24) is 20.1 Å². The summed E-state index contributed by atoms with van der Waals surface area (Å²) in [6.07, 6.45) is 4.11. The number of rotatable bonds is 5. The average molecular weight is 326 g/mol. The van der Waals surface area contributed by atoms with Crippen molar-refractivity contribution >= 4 is 5.91 Å². The van der Waals surface area contributed by atoms with E-state index in [1.165, 1.54) is 23.1 Å². The Morgan fingerprint density at radius 1 is 1.21 bits per heavy atom. The second-order valence-electron chi connectivity index (χ2n) is 5.25. The lowest BCUT2D eigenvalue weighted by molar-refractivity contribution is 0.0758. The summed E-state index contributed by atoms with van der Waals surface area (Å²) in [5, 5.41) is 7.57. The molecule has 0 atom stereocenters. The number of likely N-dealkylation sites (N-methyl/N-ethyl adjacent to an activating group) is 1. The Balaban J connectivity index is 1.67. The van der Waals surface area contributed by atoms with Gasteiger partial charge in [-0.05, 0) is 42.3 Å². The molecule has 1 amide bonds. The van der Waals surface area contributed by atoms with Gasteiger partial charge in [0, 0.05) is 31.5 Å². The third-order valence-corrected chi connectivity index (χ3v) is 3.51. The highest BCUT2D eigenvalue weighted by atomic mass is 19.1. The van der Waals surface area contributed by atoms with Gasteiger partial charge in [0.15, 0.2) is 0 Å². The number of hydrogen-bond donors (Lipinski definition) is 0. The largest absolute Gasteiger partial charge is 0.412 e. The fraction of sp³-hybridized carbons (Fsp3) is 0.176. The average Bonchev–Trinajstić information content (AvgIpc) is 3.10. The van der Waals surface area contributed by atoms with E-state index in [1.807, 2.05) is 12.1 Å². The van der Waals surface area contributed by atoms with Crippen LogP contribution in [-0.2, 0) is 6.42 Å². The second-order valence-corrected chi connectivity index (χ2v) is 5.25. The predicted octanol–water partition coefficient (Wildman–Crippen LogP) is 2.59. The van der Waals surface area contributed by atoms with Gasteiger partial charge in [-0.3, -0.25) is 9.78 Å². The third-order valence-electron chi connectivity index (χ3n) is 3.51. The van der Waals surface area contributed by atoms with E-state index in [1.54, 1.807) is 25.5 Å². The number of aromatic nitrogens is 3. The normalized spacial score (nSPS) is 10.6. The summed E-state index contributed by atoms with van der Waals surface area (Å²) in [6.45, 7) is 0.501. The van der Waals surface area contributed by atoms with Gasteiger partial charge < -0.3 is 9.32 Å². The van der Waals surface area contributed by atoms with Crippen molar-refractivity contribution in [3.05, 3.63) is 66.1 Å². The molecule has 0 aliphatic carbocycles. The predicted molar refractivity (Wildman–Crippen MR) is 84.6 cm³/mol. The molecule has 0 saturated heterocycles. The van der Waals surface area contributed by atoms with E-state index in [4.69, 9.17) is 4.42 Å². The summed E-state index contributed by atoms with van der Waals surface area (Å²) in [5.41, 5.74) is 1.51. The van der Waals surface area contributed by atoms with Gasteiger partial charge in [0.1, 0.15) is 5.82 Å². The molecule has 0 fully saturated rings. The SMILES string of the molecule is CN(CCc1ccncc1)C(=O)c1nnc(-c2cccc(F)c2)o1. The highest BCUT2D eigenvalue weighted by Crippen LogP contribution is 2.19. The fourth-order valence-electron chi connectivity index (χ4n) is 2.16. The fourth-order valence-corrected chi connectivity index (χ4v) is 2.16. The van der Waals surface area contributed by atoms with Crippen molar-refractivity contribution < 1.29 is 13.6 Å². The Morgan fingerprint density at radius 2 is 2.00 bits per heavy atom. The smallest absolute Gasteiger partial charge is 0.311 e. The molecule has 2 aromatic heterocycles. The lowest BCUT2D eigenvalue weighted by Crippen LogP contribution is -2.29. The van der Waals surface area contributed by atoms with Crippen LogP contribution in [0.4, 0.5) is 4.39 Å². The summed E-state index contributed by atoms with van der Waals surface area (Å²) >= 11 is 0. The van der Waals surface area contributed by atoms with Crippen molar-refractivity contribution in [3.8, 4) is 11.5 Å². The number of carbonyl (C=O) groups excluding carboxylic acids is 1. The van der Waals surface area contributed by atoms with Crippen LogP contribution in [0, 0.1) is 5.82 Å². The third kappa shape index (κ3) is 3.62. The Hall–Kier alpha value is -3.09. The zero-order valence-corrected chi connectivity index (χ0v) is 13.0. The molecular formula is C17H15FN4O2. The lowest BCUT2D eigenvalue weighted by Gasteiger charge is -2.14. The Bertz CT molecular complexity index is 835. The van der Waals surface area contributed by atoms with E-state index < -0.39 is 5.82 Å². The number of pyridine rings is 1. The molecule has 0 unspecified atom stereocenters. The molecule has 2 heterocycles. The first-order chi connectivity index (χ1) is 11.6. The quantitative estimate of drug-likeness (QED) is 0.720. The van der Waals surface area contributed by atoms with E-state index in [-0.39, 0.29) is 17.7 Å². The van der Waals surface area contributed by atoms with Crippen LogP contribution in [0.5, 0.6) is 0 Å². The van der Waals surface area contributed by atoms with E-state index in [0.717, 1.165) is 5.56 Å². The molecular weight excluding hydrogens is 311 g/mol. The maximum atomic E-state index is 13.2. The van der Waals surface area contributed by atoms with E-state index in [2.05, 4.69) is 15.2 Å². The van der Waals surface area contributed by atoms with Crippen molar-refractivity contribution in [2.45, 2.75) is 6.42 Å². The highest BCUT2D eigenvalue weighted by Gasteiger charge is 2.19. The van der Waals surface area contributed by atoms with Gasteiger partial charge >= 0.3 is 11.8 Å². The Labute approximate surface area is 138 Å². The van der Waals surface area contributed by atoms with Gasteiger partial charge in [-0.1, -0.05) is 6.07 Å². The minimum absolute atomic E-state index is 0.111. The molecule has 0 bridgehead atoms. The van der Waals surface area contributed by atoms with Crippen LogP contribution in [0.1, 0.15) is 16.2 Å². The van der Waals surface area contributed by atoms with Crippen LogP contribution in [-0.4, -0.2) is 39.6 Å². The standard InChI is InChI=1S/C17H15FN4O2/c1-22(10-7-12-5-8-19-9-6-12)17(23)16-21-20-15(24-16)13-3-2-4-14(18)11-13/h2-6,8-9,11H,7,10H2,1H3. The highest BCUT2D eigenvalue weighted by molar-refractivity contribution is 5.89. The van der Waals surface area contributed by atoms with Gasteiger partial charge in [0.2, 0.25) is 5.89 Å². The Kier molecular flexibility index (Phi) is 4.60. The zero-order valence-electron chi connectivity index (χ0n) is 13.0. The van der Waals surface area contributed by atoms with Crippen LogP contribution in [0.3, 0.4) is 0 Å². The molecule has 3 rings (SSSR count). The van der Waals surface area contributed by atoms with Crippen LogP contribution in [0.25, 0.3) is 11.5 Å². The number of carbonyl (C=O) groups is 1. The summed E-state index contributed by atoms with van der Waals surface area (Å²) in [7, 11) is 1.66. The van der Waals surface area contributed by atoms with E-state index in [0.29, 0.717) is 18.5 Å². The van der Waals surface area contributed by atoms with Crippen LogP contribution in [0.2, 0.25) is 0 Å². The summed E-state index contributed by atoms with van der Waals surface area (Å²) < 4.78 is 18.6. The minimum atomic E-state index is -0.409. The number of benzene rings is 1. The number of halogens is 1. The molecule has 24 heavy (non-hydrogen) atoms. The molecule has 0 aliphatic rings. The molecule has 0 spiro atoms. The maximum Gasteiger partial charge on any atom is 0.311 e. The molecule has 6 nitrogen and oxygen atoms in total. The molecule has 1 aromatic carbocycles. The van der Waals surface area contributed by atoms with E-state index in [9.17, 15) is 9.18 Å². The van der Waals surface area contributed by atoms with Crippen LogP contribution in [0.15, 0.2) is 53.2 Å². The number of amides is 1. The summed E-state index contributed by atoms with van der Waals surface area (Å²) in [5.74, 6) is -0.792. The summed E-state index contributed by atoms with van der Waals surface area (Å²) in [6, 6.07) is 9.56. The van der Waals surface area contributed by atoms with Crippen LogP contribution >= 0.6 is 0 Å². The molecule has 3 aromatic rings. The number of hydrogen-bond acceptors (Lipinski definition) is 5. The van der Waals surface area contributed by atoms with Gasteiger partial charge in [-0.2, -0.15) is 0 Å².